The molecule has 1 aromatic carbocycles. The SMILES string of the molecule is O=c1[nH]n(-c2ccccc2)c2ncn(C3CCCCCC3)c(=O)c12. The van der Waals surface area contributed by atoms with Gasteiger partial charge in [-0.05, 0) is 25.0 Å². The second kappa shape index (κ2) is 6.11. The van der Waals surface area contributed by atoms with E-state index in [4.69, 9.17) is 0 Å². The van der Waals surface area contributed by atoms with E-state index in [-0.39, 0.29) is 22.5 Å². The molecule has 124 valence electrons. The molecule has 1 saturated carbocycles. The Bertz CT molecular complexity index is 960. The molecule has 6 heteroatoms. The number of hydrogen-bond acceptors (Lipinski definition) is 3. The maximum Gasteiger partial charge on any atom is 0.279 e. The Labute approximate surface area is 138 Å². The smallest absolute Gasteiger partial charge is 0.279 e. The largest absolute Gasteiger partial charge is 0.295 e. The Hall–Kier alpha value is -2.63. The number of nitrogens with one attached hydrogen (secondary N) is 1. The van der Waals surface area contributed by atoms with E-state index in [0.717, 1.165) is 31.4 Å². The minimum atomic E-state index is -0.380. The first-order valence-corrected chi connectivity index (χ1v) is 8.53. The number of hydrogen-bond donors (Lipinski definition) is 1. The van der Waals surface area contributed by atoms with Crippen LogP contribution in [-0.2, 0) is 0 Å². The van der Waals surface area contributed by atoms with E-state index < -0.39 is 0 Å². The van der Waals surface area contributed by atoms with Crippen LogP contribution in [0.15, 0.2) is 46.2 Å². The van der Waals surface area contributed by atoms with E-state index in [9.17, 15) is 9.59 Å². The summed E-state index contributed by atoms with van der Waals surface area (Å²) in [6.07, 6.45) is 8.23. The average molecular weight is 324 g/mol. The number of nitrogens with zero attached hydrogens (tertiary/aromatic N) is 3. The van der Waals surface area contributed by atoms with E-state index in [1.54, 1.807) is 15.6 Å². The maximum absolute atomic E-state index is 12.9. The number of benzene rings is 1. The standard InChI is InChI=1S/C18H20N4O2/c23-17-15-16(22(20-17)14-10-6-3-7-11-14)19-12-21(18(15)24)13-8-4-1-2-5-9-13/h3,6-7,10-13H,1-2,4-5,8-9H2,(H,20,23). The first-order chi connectivity index (χ1) is 11.8. The molecule has 1 aliphatic rings. The molecular weight excluding hydrogens is 304 g/mol. The fourth-order valence-corrected chi connectivity index (χ4v) is 3.60. The monoisotopic (exact) mass is 324 g/mol. The summed E-state index contributed by atoms with van der Waals surface area (Å²) >= 11 is 0. The van der Waals surface area contributed by atoms with E-state index in [0.29, 0.717) is 5.65 Å². The predicted octanol–water partition coefficient (Wildman–Crippen LogP) is 2.77. The topological polar surface area (TPSA) is 72.7 Å². The number of aromatic amines is 1. The highest BCUT2D eigenvalue weighted by atomic mass is 16.1. The van der Waals surface area contributed by atoms with Crippen LogP contribution >= 0.6 is 0 Å². The van der Waals surface area contributed by atoms with Crippen LogP contribution in [0.5, 0.6) is 0 Å². The Morgan fingerprint density at radius 2 is 1.71 bits per heavy atom. The molecule has 1 fully saturated rings. The fraction of sp³-hybridized carbons (Fsp3) is 0.389. The summed E-state index contributed by atoms with van der Waals surface area (Å²) in [6, 6.07) is 9.55. The third-order valence-electron chi connectivity index (χ3n) is 4.86. The summed E-state index contributed by atoms with van der Waals surface area (Å²) < 4.78 is 3.24. The van der Waals surface area contributed by atoms with Crippen molar-refractivity contribution in [2.75, 3.05) is 0 Å². The Balaban J connectivity index is 1.87. The zero-order valence-corrected chi connectivity index (χ0v) is 13.4. The van der Waals surface area contributed by atoms with Crippen LogP contribution in [0.1, 0.15) is 44.6 Å². The van der Waals surface area contributed by atoms with Crippen molar-refractivity contribution in [2.45, 2.75) is 44.6 Å². The molecule has 2 heterocycles. The Morgan fingerprint density at radius 3 is 2.42 bits per heavy atom. The van der Waals surface area contributed by atoms with Crippen LogP contribution < -0.4 is 11.1 Å². The van der Waals surface area contributed by atoms with Gasteiger partial charge in [0, 0.05) is 6.04 Å². The number of rotatable bonds is 2. The Morgan fingerprint density at radius 1 is 1.00 bits per heavy atom. The van der Waals surface area contributed by atoms with Crippen molar-refractivity contribution >= 4 is 11.0 Å². The van der Waals surface area contributed by atoms with Gasteiger partial charge in [0.25, 0.3) is 11.1 Å². The lowest BCUT2D eigenvalue weighted by Gasteiger charge is -2.16. The lowest BCUT2D eigenvalue weighted by Crippen LogP contribution is -2.27. The number of para-hydroxylation sites is 1. The summed E-state index contributed by atoms with van der Waals surface area (Å²) in [5, 5.41) is 2.88. The summed E-state index contributed by atoms with van der Waals surface area (Å²) in [4.78, 5) is 29.7. The molecule has 24 heavy (non-hydrogen) atoms. The van der Waals surface area contributed by atoms with Gasteiger partial charge < -0.3 is 0 Å². The van der Waals surface area contributed by atoms with Gasteiger partial charge in [0.05, 0.1) is 5.69 Å². The molecule has 1 aliphatic carbocycles. The second-order valence-electron chi connectivity index (χ2n) is 6.41. The molecule has 1 N–H and O–H groups in total. The van der Waals surface area contributed by atoms with E-state index in [1.165, 1.54) is 12.8 Å². The van der Waals surface area contributed by atoms with Crippen LogP contribution in [0, 0.1) is 0 Å². The second-order valence-corrected chi connectivity index (χ2v) is 6.41. The maximum atomic E-state index is 12.9. The minimum Gasteiger partial charge on any atom is -0.295 e. The van der Waals surface area contributed by atoms with E-state index in [2.05, 4.69) is 10.1 Å². The van der Waals surface area contributed by atoms with Crippen molar-refractivity contribution in [3.8, 4) is 5.69 Å². The molecule has 4 rings (SSSR count). The highest BCUT2D eigenvalue weighted by molar-refractivity contribution is 5.74. The van der Waals surface area contributed by atoms with Crippen LogP contribution in [0.3, 0.4) is 0 Å². The van der Waals surface area contributed by atoms with Crippen LogP contribution in [0.4, 0.5) is 0 Å². The molecule has 0 amide bonds. The van der Waals surface area contributed by atoms with Gasteiger partial charge in [-0.1, -0.05) is 43.9 Å². The molecule has 6 nitrogen and oxygen atoms in total. The molecule has 0 radical (unpaired) electrons. The third kappa shape index (κ3) is 2.48. The van der Waals surface area contributed by atoms with Crippen molar-refractivity contribution in [3.05, 3.63) is 57.4 Å². The lowest BCUT2D eigenvalue weighted by atomic mass is 10.1. The average Bonchev–Trinajstić information content (AvgIpc) is 2.77. The zero-order chi connectivity index (χ0) is 16.5. The van der Waals surface area contributed by atoms with Crippen LogP contribution in [-0.4, -0.2) is 19.3 Å². The minimum absolute atomic E-state index is 0.144. The molecule has 0 unspecified atom stereocenters. The van der Waals surface area contributed by atoms with Gasteiger partial charge in [0.2, 0.25) is 0 Å². The first-order valence-electron chi connectivity index (χ1n) is 8.53. The molecule has 3 aromatic rings. The highest BCUT2D eigenvalue weighted by Crippen LogP contribution is 2.26. The molecule has 0 spiro atoms. The van der Waals surface area contributed by atoms with E-state index >= 15 is 0 Å². The van der Waals surface area contributed by atoms with Crippen molar-refractivity contribution < 1.29 is 0 Å². The van der Waals surface area contributed by atoms with Crippen molar-refractivity contribution in [2.24, 2.45) is 0 Å². The normalized spacial score (nSPS) is 16.3. The van der Waals surface area contributed by atoms with Gasteiger partial charge in [-0.15, -0.1) is 0 Å². The number of aromatic nitrogens is 4. The van der Waals surface area contributed by atoms with Gasteiger partial charge in [0.1, 0.15) is 6.33 Å². The summed E-state index contributed by atoms with van der Waals surface area (Å²) in [7, 11) is 0. The zero-order valence-electron chi connectivity index (χ0n) is 13.4. The molecule has 2 aromatic heterocycles. The first kappa shape index (κ1) is 14.9. The molecular formula is C18H20N4O2. The highest BCUT2D eigenvalue weighted by Gasteiger charge is 2.20. The van der Waals surface area contributed by atoms with Crippen molar-refractivity contribution in [1.82, 2.24) is 19.3 Å². The summed E-state index contributed by atoms with van der Waals surface area (Å²) in [5.74, 6) is 0. The molecule has 0 atom stereocenters. The van der Waals surface area contributed by atoms with Gasteiger partial charge in [-0.3, -0.25) is 19.3 Å². The van der Waals surface area contributed by atoms with Crippen molar-refractivity contribution in [1.29, 1.82) is 0 Å². The van der Waals surface area contributed by atoms with E-state index in [1.807, 2.05) is 30.3 Å². The van der Waals surface area contributed by atoms with Gasteiger partial charge >= 0.3 is 0 Å². The predicted molar refractivity (Wildman–Crippen MR) is 92.7 cm³/mol. The number of fused-ring (bicyclic) bond motifs is 1. The summed E-state index contributed by atoms with van der Waals surface area (Å²) in [6.45, 7) is 0. The van der Waals surface area contributed by atoms with Gasteiger partial charge in [0.15, 0.2) is 11.0 Å². The van der Waals surface area contributed by atoms with Gasteiger partial charge in [-0.2, -0.15) is 0 Å². The van der Waals surface area contributed by atoms with Crippen LogP contribution in [0.2, 0.25) is 0 Å². The fourth-order valence-electron chi connectivity index (χ4n) is 3.60. The number of H-pyrrole nitrogens is 1. The molecule has 0 bridgehead atoms. The quantitative estimate of drug-likeness (QED) is 0.737. The molecule has 0 aliphatic heterocycles. The lowest BCUT2D eigenvalue weighted by molar-refractivity contribution is 0.429. The summed E-state index contributed by atoms with van der Waals surface area (Å²) in [5.41, 5.74) is 0.557. The van der Waals surface area contributed by atoms with Crippen molar-refractivity contribution in [3.63, 3.8) is 0 Å². The third-order valence-corrected chi connectivity index (χ3v) is 4.86. The Kier molecular flexibility index (Phi) is 3.80. The van der Waals surface area contributed by atoms with Gasteiger partial charge in [-0.25, -0.2) is 9.67 Å². The van der Waals surface area contributed by atoms with Crippen LogP contribution in [0.25, 0.3) is 16.7 Å². The molecule has 0 saturated heterocycles.